The largest absolute Gasteiger partial charge is 0.458 e. The average molecular weight is 498 g/mol. The van der Waals surface area contributed by atoms with Crippen molar-refractivity contribution in [3.63, 3.8) is 0 Å². The second kappa shape index (κ2) is 13.4. The maximum atomic E-state index is 12.7. The highest BCUT2D eigenvalue weighted by Crippen LogP contribution is 2.40. The van der Waals surface area contributed by atoms with Crippen LogP contribution in [0.3, 0.4) is 0 Å². The maximum absolute atomic E-state index is 12.7. The lowest BCUT2D eigenvalue weighted by molar-refractivity contribution is -0.150. The minimum Gasteiger partial charge on any atom is -0.458 e. The molecule has 0 aromatic heterocycles. The van der Waals surface area contributed by atoms with Gasteiger partial charge >= 0.3 is 12.1 Å². The van der Waals surface area contributed by atoms with Gasteiger partial charge in [0.05, 0.1) is 19.3 Å². The summed E-state index contributed by atoms with van der Waals surface area (Å²) < 4.78 is 10.5. The van der Waals surface area contributed by atoms with Crippen LogP contribution in [0.1, 0.15) is 54.4 Å². The Kier molecular flexibility index (Phi) is 11.0. The van der Waals surface area contributed by atoms with Crippen molar-refractivity contribution in [2.75, 3.05) is 7.11 Å². The molecule has 1 aliphatic heterocycles. The number of allylic oxidation sites excluding steroid dienone is 10. The van der Waals surface area contributed by atoms with Crippen LogP contribution in [0.15, 0.2) is 71.9 Å². The molecule has 1 amide bonds. The molecule has 0 fully saturated rings. The van der Waals surface area contributed by atoms with E-state index >= 15 is 0 Å². The summed E-state index contributed by atoms with van der Waals surface area (Å²) in [6.07, 6.45) is 20.2. The van der Waals surface area contributed by atoms with Gasteiger partial charge in [-0.05, 0) is 39.0 Å². The monoisotopic (exact) mass is 497 g/mol. The van der Waals surface area contributed by atoms with Gasteiger partial charge in [0.25, 0.3) is 0 Å². The fraction of sp³-hybridized carbons (Fsp3) is 0.533. The maximum Gasteiger partial charge on any atom is 0.407 e. The van der Waals surface area contributed by atoms with Crippen molar-refractivity contribution < 1.29 is 24.2 Å². The van der Waals surface area contributed by atoms with Crippen LogP contribution in [-0.4, -0.2) is 42.5 Å². The van der Waals surface area contributed by atoms with Crippen molar-refractivity contribution in [2.24, 2.45) is 23.2 Å². The summed E-state index contributed by atoms with van der Waals surface area (Å²) in [4.78, 5) is 24.3. The van der Waals surface area contributed by atoms with Gasteiger partial charge in [0.1, 0.15) is 6.10 Å². The molecule has 6 nitrogen and oxygen atoms in total. The molecule has 0 unspecified atom stereocenters. The first kappa shape index (κ1) is 29.4. The van der Waals surface area contributed by atoms with E-state index in [1.165, 1.54) is 13.2 Å². The van der Waals surface area contributed by atoms with E-state index in [2.05, 4.69) is 60.4 Å². The molecule has 0 aromatic rings. The van der Waals surface area contributed by atoms with Gasteiger partial charge in [-0.1, -0.05) is 86.6 Å². The molecule has 0 radical (unpaired) electrons. The molecule has 1 aliphatic carbocycles. The highest BCUT2D eigenvalue weighted by atomic mass is 16.5. The van der Waals surface area contributed by atoms with Gasteiger partial charge in [0, 0.05) is 23.8 Å². The first-order valence-corrected chi connectivity index (χ1v) is 12.8. The number of methoxy groups -OCH3 is 1. The molecule has 36 heavy (non-hydrogen) atoms. The second-order valence-corrected chi connectivity index (χ2v) is 10.4. The molecular weight excluding hydrogens is 454 g/mol. The summed E-state index contributed by atoms with van der Waals surface area (Å²) in [5.74, 6) is -0.843. The van der Waals surface area contributed by atoms with E-state index in [0.29, 0.717) is 0 Å². The number of alkyl carbamates (subject to hydrolysis) is 1. The standard InChI is InChI=1S/C30H43NO5/c1-20-11-10-13-26(32)36-28(23(4)27(33)24(5)31-29(34)35-7)22(3)15-14-21(2)19-25-12-8-9-17-30(25,6)18-16-20/h8,10-16,18-19,22-25,27-28,33H,9,17H2,1-7H3,(H,31,34)/b13-10+,15-14+,18-16+,20-11-,21-19+/t22-,23-,24-,25-,27+,28-,30+/m1/s1. The predicted molar refractivity (Wildman–Crippen MR) is 144 cm³/mol. The third-order valence-corrected chi connectivity index (χ3v) is 7.25. The summed E-state index contributed by atoms with van der Waals surface area (Å²) in [5, 5.41) is 13.5. The Balaban J connectivity index is 2.41. The number of hydrogen-bond donors (Lipinski definition) is 2. The summed E-state index contributed by atoms with van der Waals surface area (Å²) in [7, 11) is 1.27. The lowest BCUT2D eigenvalue weighted by atomic mass is 9.69. The Morgan fingerprint density at radius 2 is 1.92 bits per heavy atom. The molecule has 1 heterocycles. The topological polar surface area (TPSA) is 84.9 Å². The minimum absolute atomic E-state index is 0.00815. The lowest BCUT2D eigenvalue weighted by Crippen LogP contribution is -2.48. The fourth-order valence-electron chi connectivity index (χ4n) is 4.72. The van der Waals surface area contributed by atoms with Gasteiger partial charge in [-0.3, -0.25) is 0 Å². The number of fused-ring (bicyclic) bond motifs is 1. The van der Waals surface area contributed by atoms with E-state index in [4.69, 9.17) is 4.74 Å². The van der Waals surface area contributed by atoms with Gasteiger partial charge in [0.2, 0.25) is 0 Å². The average Bonchev–Trinajstić information content (AvgIpc) is 2.84. The molecule has 2 aliphatic rings. The molecule has 0 saturated heterocycles. The smallest absolute Gasteiger partial charge is 0.407 e. The SMILES string of the molecule is COC(=O)N[C@H](C)[C@@H](O)[C@@H](C)[C@@H]1OC(=O)/C=C/C=C(C)\C=C\[C@]2(C)CCC=C[C@@H]2/C=C(C)/C=C/[C@H]1C. The first-order chi connectivity index (χ1) is 17.0. The van der Waals surface area contributed by atoms with E-state index in [1.54, 1.807) is 13.0 Å². The number of amides is 1. The van der Waals surface area contributed by atoms with E-state index < -0.39 is 36.2 Å². The number of aliphatic hydroxyl groups excluding tert-OH is 1. The third kappa shape index (κ3) is 8.37. The van der Waals surface area contributed by atoms with Crippen LogP contribution >= 0.6 is 0 Å². The molecule has 6 heteroatoms. The number of nitrogens with one attached hydrogen (secondary N) is 1. The van der Waals surface area contributed by atoms with Crippen molar-refractivity contribution in [3.05, 3.63) is 71.9 Å². The minimum atomic E-state index is -0.954. The van der Waals surface area contributed by atoms with E-state index in [9.17, 15) is 14.7 Å². The third-order valence-electron chi connectivity index (χ3n) is 7.25. The second-order valence-electron chi connectivity index (χ2n) is 10.4. The van der Waals surface area contributed by atoms with Crippen LogP contribution in [0.25, 0.3) is 0 Å². The lowest BCUT2D eigenvalue weighted by Gasteiger charge is -2.35. The highest BCUT2D eigenvalue weighted by molar-refractivity contribution is 5.82. The predicted octanol–water partition coefficient (Wildman–Crippen LogP) is 5.82. The zero-order chi connectivity index (χ0) is 26.9. The van der Waals surface area contributed by atoms with E-state index in [0.717, 1.165) is 24.0 Å². The van der Waals surface area contributed by atoms with Crippen molar-refractivity contribution in [1.29, 1.82) is 0 Å². The summed E-state index contributed by atoms with van der Waals surface area (Å²) in [6, 6.07) is -0.590. The Morgan fingerprint density at radius 3 is 2.61 bits per heavy atom. The number of cyclic esters (lactones) is 1. The molecular formula is C30H43NO5. The first-order valence-electron chi connectivity index (χ1n) is 12.8. The zero-order valence-electron chi connectivity index (χ0n) is 22.7. The van der Waals surface area contributed by atoms with Gasteiger partial charge in [-0.25, -0.2) is 9.59 Å². The molecule has 2 rings (SSSR count). The number of esters is 1. The molecule has 198 valence electrons. The molecule has 0 saturated carbocycles. The van der Waals surface area contributed by atoms with Crippen molar-refractivity contribution in [1.82, 2.24) is 5.32 Å². The zero-order valence-corrected chi connectivity index (χ0v) is 22.7. The van der Waals surface area contributed by atoms with Gasteiger partial charge < -0.3 is 19.9 Å². The van der Waals surface area contributed by atoms with Crippen LogP contribution in [0.5, 0.6) is 0 Å². The highest BCUT2D eigenvalue weighted by Gasteiger charge is 2.34. The van der Waals surface area contributed by atoms with Crippen LogP contribution in [0.4, 0.5) is 4.79 Å². The molecule has 0 spiro atoms. The number of carbonyl (C=O) groups excluding carboxylic acids is 2. The van der Waals surface area contributed by atoms with Crippen LogP contribution < -0.4 is 5.32 Å². The number of rotatable bonds is 4. The number of aliphatic hydroxyl groups is 1. The Bertz CT molecular complexity index is 956. The molecule has 2 N–H and O–H groups in total. The van der Waals surface area contributed by atoms with Crippen molar-refractivity contribution in [3.8, 4) is 0 Å². The normalized spacial score (nSPS) is 35.3. The van der Waals surface area contributed by atoms with E-state index in [1.807, 2.05) is 32.9 Å². The van der Waals surface area contributed by atoms with Crippen LogP contribution in [0.2, 0.25) is 0 Å². The quantitative estimate of drug-likeness (QED) is 0.377. The Labute approximate surface area is 216 Å². The fourth-order valence-corrected chi connectivity index (χ4v) is 4.72. The van der Waals surface area contributed by atoms with Crippen LogP contribution in [0, 0.1) is 23.2 Å². The summed E-state index contributed by atoms with van der Waals surface area (Å²) >= 11 is 0. The van der Waals surface area contributed by atoms with E-state index in [-0.39, 0.29) is 17.3 Å². The summed E-state index contributed by atoms with van der Waals surface area (Å²) in [5.41, 5.74) is 2.17. The Morgan fingerprint density at radius 1 is 1.19 bits per heavy atom. The number of hydrogen-bond acceptors (Lipinski definition) is 5. The van der Waals surface area contributed by atoms with Gasteiger partial charge in [0.15, 0.2) is 0 Å². The van der Waals surface area contributed by atoms with Gasteiger partial charge in [-0.15, -0.1) is 0 Å². The molecule has 0 bridgehead atoms. The van der Waals surface area contributed by atoms with Crippen LogP contribution in [-0.2, 0) is 14.3 Å². The number of ether oxygens (including phenoxy) is 2. The Hall–Kier alpha value is -2.86. The molecule has 0 aromatic carbocycles. The summed E-state index contributed by atoms with van der Waals surface area (Å²) in [6.45, 7) is 11.9. The number of carbonyl (C=O) groups is 2. The van der Waals surface area contributed by atoms with Crippen molar-refractivity contribution in [2.45, 2.75) is 72.6 Å². The van der Waals surface area contributed by atoms with Gasteiger partial charge in [-0.2, -0.15) is 0 Å². The molecule has 7 atom stereocenters. The van der Waals surface area contributed by atoms with Crippen molar-refractivity contribution >= 4 is 12.1 Å².